The number of aryl methyl sites for hydroxylation is 1. The Kier molecular flexibility index (Phi) is 7.95. The zero-order valence-corrected chi connectivity index (χ0v) is 19.0. The van der Waals surface area contributed by atoms with Crippen molar-refractivity contribution in [2.24, 2.45) is 0 Å². The van der Waals surface area contributed by atoms with E-state index in [1.807, 2.05) is 43.3 Å². The summed E-state index contributed by atoms with van der Waals surface area (Å²) in [6.45, 7) is 5.76. The molecule has 2 aromatic carbocycles. The summed E-state index contributed by atoms with van der Waals surface area (Å²) >= 11 is 0. The molecule has 0 spiro atoms. The second kappa shape index (κ2) is 10.9. The van der Waals surface area contributed by atoms with Crippen LogP contribution in [0.1, 0.15) is 25.5 Å². The molecule has 1 heterocycles. The Morgan fingerprint density at radius 2 is 1.45 bits per heavy atom. The molecule has 0 saturated heterocycles. The van der Waals surface area contributed by atoms with Gasteiger partial charge in [0.2, 0.25) is 0 Å². The molecule has 0 bridgehead atoms. The van der Waals surface area contributed by atoms with E-state index in [4.69, 9.17) is 28.7 Å². The number of ether oxygens (including phenoxy) is 5. The Balaban J connectivity index is 2.12. The number of rotatable bonds is 11. The van der Waals surface area contributed by atoms with Gasteiger partial charge in [-0.3, -0.25) is 4.98 Å². The third-order valence-electron chi connectivity index (χ3n) is 4.94. The third-order valence-corrected chi connectivity index (χ3v) is 4.94. The van der Waals surface area contributed by atoms with Crippen molar-refractivity contribution < 1.29 is 23.7 Å². The first-order valence-electron chi connectivity index (χ1n) is 10.5. The summed E-state index contributed by atoms with van der Waals surface area (Å²) in [5.74, 6) is 2.83. The van der Waals surface area contributed by atoms with Crippen molar-refractivity contribution in [3.8, 4) is 34.3 Å². The lowest BCUT2D eigenvalue weighted by Crippen LogP contribution is -2.05. The zero-order valence-electron chi connectivity index (χ0n) is 19.0. The fourth-order valence-electron chi connectivity index (χ4n) is 3.39. The molecule has 31 heavy (non-hydrogen) atoms. The van der Waals surface area contributed by atoms with Gasteiger partial charge in [-0.15, -0.1) is 0 Å². The van der Waals surface area contributed by atoms with E-state index in [2.05, 4.69) is 6.92 Å². The van der Waals surface area contributed by atoms with E-state index in [9.17, 15) is 0 Å². The summed E-state index contributed by atoms with van der Waals surface area (Å²) in [7, 11) is 4.93. The van der Waals surface area contributed by atoms with Crippen molar-refractivity contribution in [2.75, 3.05) is 41.2 Å². The molecule has 3 rings (SSSR count). The molecule has 0 fully saturated rings. The number of nitrogens with zero attached hydrogens (tertiary/aromatic N) is 1. The van der Waals surface area contributed by atoms with Crippen LogP contribution in [0.3, 0.4) is 0 Å². The lowest BCUT2D eigenvalue weighted by Gasteiger charge is -2.15. The number of hydrogen-bond acceptors (Lipinski definition) is 6. The molecule has 0 unspecified atom stereocenters. The number of benzene rings is 2. The molecule has 0 radical (unpaired) electrons. The molecule has 0 aliphatic heterocycles. The Bertz CT molecular complexity index is 990. The summed E-state index contributed by atoms with van der Waals surface area (Å²) in [4.78, 5) is 4.85. The van der Waals surface area contributed by atoms with Gasteiger partial charge in [0.15, 0.2) is 11.5 Å². The molecule has 0 aliphatic rings. The van der Waals surface area contributed by atoms with Gasteiger partial charge in [0.05, 0.1) is 33.1 Å². The number of aromatic nitrogens is 1. The molecule has 0 saturated carbocycles. The SMILES string of the molecule is CCCCOc1cc(OCCOC)cc(-c2nc(C)cc3cc(OC)c(OC)cc23)c1. The first-order valence-corrected chi connectivity index (χ1v) is 10.5. The maximum atomic E-state index is 6.00. The van der Waals surface area contributed by atoms with E-state index in [0.717, 1.165) is 52.1 Å². The Morgan fingerprint density at radius 1 is 0.774 bits per heavy atom. The van der Waals surface area contributed by atoms with Gasteiger partial charge in [-0.1, -0.05) is 13.3 Å². The predicted octanol–water partition coefficient (Wildman–Crippen LogP) is 5.43. The zero-order chi connectivity index (χ0) is 22.2. The molecule has 6 heteroatoms. The van der Waals surface area contributed by atoms with Crippen LogP contribution in [-0.2, 0) is 4.74 Å². The van der Waals surface area contributed by atoms with Gasteiger partial charge >= 0.3 is 0 Å². The quantitative estimate of drug-likeness (QED) is 0.382. The normalized spacial score (nSPS) is 10.9. The van der Waals surface area contributed by atoms with Crippen molar-refractivity contribution in [3.05, 3.63) is 42.1 Å². The van der Waals surface area contributed by atoms with E-state index in [1.54, 1.807) is 21.3 Å². The molecule has 6 nitrogen and oxygen atoms in total. The van der Waals surface area contributed by atoms with Crippen LogP contribution in [0.2, 0.25) is 0 Å². The van der Waals surface area contributed by atoms with E-state index in [-0.39, 0.29) is 0 Å². The highest BCUT2D eigenvalue weighted by molar-refractivity contribution is 5.97. The van der Waals surface area contributed by atoms with Crippen molar-refractivity contribution in [1.82, 2.24) is 4.98 Å². The van der Waals surface area contributed by atoms with Crippen LogP contribution < -0.4 is 18.9 Å². The highest BCUT2D eigenvalue weighted by Crippen LogP contribution is 2.38. The van der Waals surface area contributed by atoms with Crippen molar-refractivity contribution >= 4 is 10.8 Å². The van der Waals surface area contributed by atoms with Crippen LogP contribution in [-0.4, -0.2) is 46.1 Å². The van der Waals surface area contributed by atoms with Gasteiger partial charge in [0.25, 0.3) is 0 Å². The number of fused-ring (bicyclic) bond motifs is 1. The first kappa shape index (κ1) is 22.7. The molecule has 0 aliphatic carbocycles. The molecule has 0 atom stereocenters. The minimum absolute atomic E-state index is 0.460. The third kappa shape index (κ3) is 5.58. The molecule has 1 aromatic heterocycles. The van der Waals surface area contributed by atoms with Crippen molar-refractivity contribution in [1.29, 1.82) is 0 Å². The van der Waals surface area contributed by atoms with Crippen LogP contribution in [0.5, 0.6) is 23.0 Å². The molecular formula is C25H31NO5. The average Bonchev–Trinajstić information content (AvgIpc) is 2.77. The fraction of sp³-hybridized carbons (Fsp3) is 0.400. The number of methoxy groups -OCH3 is 3. The topological polar surface area (TPSA) is 59.0 Å². The number of hydrogen-bond donors (Lipinski definition) is 0. The summed E-state index contributed by atoms with van der Waals surface area (Å²) in [6.07, 6.45) is 2.06. The molecule has 0 amide bonds. The van der Waals surface area contributed by atoms with Crippen LogP contribution in [0.15, 0.2) is 36.4 Å². The Hall–Kier alpha value is -2.99. The van der Waals surface area contributed by atoms with Gasteiger partial charge in [-0.2, -0.15) is 0 Å². The monoisotopic (exact) mass is 425 g/mol. The molecule has 3 aromatic rings. The fourth-order valence-corrected chi connectivity index (χ4v) is 3.39. The van der Waals surface area contributed by atoms with Gasteiger partial charge in [-0.05, 0) is 49.1 Å². The second-order valence-corrected chi connectivity index (χ2v) is 7.28. The largest absolute Gasteiger partial charge is 0.493 e. The maximum absolute atomic E-state index is 6.00. The molecular weight excluding hydrogens is 394 g/mol. The van der Waals surface area contributed by atoms with Crippen molar-refractivity contribution in [3.63, 3.8) is 0 Å². The van der Waals surface area contributed by atoms with Crippen LogP contribution in [0.4, 0.5) is 0 Å². The molecule has 0 N–H and O–H groups in total. The van der Waals surface area contributed by atoms with Crippen LogP contribution in [0.25, 0.3) is 22.0 Å². The van der Waals surface area contributed by atoms with Crippen LogP contribution >= 0.6 is 0 Å². The Labute approximate surface area is 184 Å². The predicted molar refractivity (Wildman–Crippen MR) is 123 cm³/mol. The first-order chi connectivity index (χ1) is 15.1. The summed E-state index contributed by atoms with van der Waals surface area (Å²) < 4.78 is 28.0. The van der Waals surface area contributed by atoms with E-state index in [0.29, 0.717) is 31.3 Å². The standard InChI is InChI=1S/C25H31NO5/c1-6-7-8-30-20-12-19(13-21(15-20)31-10-9-27-3)25-22-16-24(29-5)23(28-4)14-18(22)11-17(2)26-25/h11-16H,6-10H2,1-5H3. The summed E-state index contributed by atoms with van der Waals surface area (Å²) in [5, 5.41) is 2.00. The average molecular weight is 426 g/mol. The highest BCUT2D eigenvalue weighted by atomic mass is 16.5. The summed E-state index contributed by atoms with van der Waals surface area (Å²) in [5.41, 5.74) is 2.67. The maximum Gasteiger partial charge on any atom is 0.161 e. The van der Waals surface area contributed by atoms with Crippen LogP contribution in [0, 0.1) is 6.92 Å². The van der Waals surface area contributed by atoms with Gasteiger partial charge < -0.3 is 23.7 Å². The second-order valence-electron chi connectivity index (χ2n) is 7.28. The van der Waals surface area contributed by atoms with Gasteiger partial charge in [-0.25, -0.2) is 0 Å². The van der Waals surface area contributed by atoms with Crippen molar-refractivity contribution in [2.45, 2.75) is 26.7 Å². The van der Waals surface area contributed by atoms with E-state index >= 15 is 0 Å². The molecule has 166 valence electrons. The smallest absolute Gasteiger partial charge is 0.161 e. The minimum Gasteiger partial charge on any atom is -0.493 e. The summed E-state index contributed by atoms with van der Waals surface area (Å²) in [6, 6.07) is 11.9. The van der Waals surface area contributed by atoms with Gasteiger partial charge in [0.1, 0.15) is 18.1 Å². The minimum atomic E-state index is 0.460. The Morgan fingerprint density at radius 3 is 2.10 bits per heavy atom. The number of pyridine rings is 1. The number of unbranched alkanes of at least 4 members (excludes halogenated alkanes) is 1. The van der Waals surface area contributed by atoms with E-state index < -0.39 is 0 Å². The van der Waals surface area contributed by atoms with E-state index in [1.165, 1.54) is 0 Å². The lowest BCUT2D eigenvalue weighted by molar-refractivity contribution is 0.146. The highest BCUT2D eigenvalue weighted by Gasteiger charge is 2.14. The van der Waals surface area contributed by atoms with Gasteiger partial charge in [0, 0.05) is 29.8 Å². The lowest BCUT2D eigenvalue weighted by atomic mass is 10.0.